The van der Waals surface area contributed by atoms with Crippen LogP contribution in [0.2, 0.25) is 10.0 Å². The number of amides is 2. The predicted molar refractivity (Wildman–Crippen MR) is 181 cm³/mol. The number of hydrogen-bond acceptors (Lipinski definition) is 6. The van der Waals surface area contributed by atoms with Gasteiger partial charge in [-0.05, 0) is 69.1 Å². The number of aliphatic carboxylic acids is 1. The van der Waals surface area contributed by atoms with Gasteiger partial charge in [0.15, 0.2) is 0 Å². The second-order valence-electron chi connectivity index (χ2n) is 13.4. The highest BCUT2D eigenvalue weighted by Crippen LogP contribution is 2.34. The van der Waals surface area contributed by atoms with Gasteiger partial charge in [0.25, 0.3) is 5.91 Å². The van der Waals surface area contributed by atoms with E-state index in [1.54, 1.807) is 19.2 Å². The lowest BCUT2D eigenvalue weighted by molar-refractivity contribution is -0.144. The molecule has 2 amide bonds. The quantitative estimate of drug-likeness (QED) is 0.342. The molecule has 0 radical (unpaired) electrons. The van der Waals surface area contributed by atoms with Crippen LogP contribution in [-0.4, -0.2) is 94.9 Å². The summed E-state index contributed by atoms with van der Waals surface area (Å²) in [5.74, 6) is -1.37. The lowest BCUT2D eigenvalue weighted by atomic mass is 9.87. The molecule has 0 bridgehead atoms. The van der Waals surface area contributed by atoms with Crippen molar-refractivity contribution in [3.8, 4) is 0 Å². The van der Waals surface area contributed by atoms with Crippen molar-refractivity contribution < 1.29 is 29.0 Å². The summed E-state index contributed by atoms with van der Waals surface area (Å²) in [6.45, 7) is 2.76. The first kappa shape index (κ1) is 34.0. The molecule has 3 heterocycles. The van der Waals surface area contributed by atoms with E-state index in [0.29, 0.717) is 65.7 Å². The molecule has 47 heavy (non-hydrogen) atoms. The molecule has 1 aromatic heterocycles. The van der Waals surface area contributed by atoms with Crippen molar-refractivity contribution in [2.45, 2.75) is 82.1 Å². The van der Waals surface area contributed by atoms with Crippen molar-refractivity contribution in [1.82, 2.24) is 14.4 Å². The Bertz CT molecular complexity index is 1530. The van der Waals surface area contributed by atoms with Crippen LogP contribution in [-0.2, 0) is 39.0 Å². The Hall–Kier alpha value is -2.89. The number of ether oxygens (including phenoxy) is 2. The number of anilines is 1. The Labute approximate surface area is 286 Å². The highest BCUT2D eigenvalue weighted by atomic mass is 35.5. The van der Waals surface area contributed by atoms with E-state index < -0.39 is 5.97 Å². The maximum Gasteiger partial charge on any atom is 0.306 e. The van der Waals surface area contributed by atoms with Gasteiger partial charge in [-0.3, -0.25) is 19.3 Å². The number of carbonyl (C=O) groups is 3. The van der Waals surface area contributed by atoms with E-state index in [9.17, 15) is 19.5 Å². The smallest absolute Gasteiger partial charge is 0.306 e. The number of benzene rings is 1. The number of allylic oxidation sites excluding steroid dienone is 1. The first-order valence-corrected chi connectivity index (χ1v) is 17.4. The number of carbonyl (C=O) groups excluding carboxylic acids is 2. The van der Waals surface area contributed by atoms with Crippen LogP contribution in [0.3, 0.4) is 0 Å². The van der Waals surface area contributed by atoms with Crippen LogP contribution in [0.5, 0.6) is 0 Å². The average Bonchev–Trinajstić information content (AvgIpc) is 3.80. The Morgan fingerprint density at radius 2 is 1.83 bits per heavy atom. The number of nitrogens with one attached hydrogen (secondary N) is 1. The highest BCUT2D eigenvalue weighted by molar-refractivity contribution is 6.36. The maximum absolute atomic E-state index is 13.9. The van der Waals surface area contributed by atoms with Crippen molar-refractivity contribution in [2.75, 3.05) is 38.7 Å². The number of hydrogen-bond donors (Lipinski definition) is 2. The molecule has 2 aromatic rings. The fourth-order valence-electron chi connectivity index (χ4n) is 7.68. The normalized spacial score (nSPS) is 26.0. The lowest BCUT2D eigenvalue weighted by Gasteiger charge is -2.30. The van der Waals surface area contributed by atoms with Crippen LogP contribution >= 0.6 is 23.2 Å². The van der Waals surface area contributed by atoms with Gasteiger partial charge in [-0.2, -0.15) is 0 Å². The van der Waals surface area contributed by atoms with Gasteiger partial charge in [0.2, 0.25) is 5.91 Å². The topological polar surface area (TPSA) is 113 Å². The minimum Gasteiger partial charge on any atom is -0.481 e. The standard InChI is InChI=1S/C35H44Cl2N4O6/c1-39-19-28(27-5-3-4-6-32(27)39)34(43)38-31-16-29(36)22(13-30(31)37)14-33(42)41-17-23(40-12-11-26(18-40)46-2)15-24(41)20-47-25-9-7-21(8-10-25)35(44)45/h3,5,13,16,19,21,23-26H,4,6-12,14-15,17-18,20H2,1-2H3,(H,38,43)(H,44,45)/t21-,23-,24-,25-,26-/m0/s1. The van der Waals surface area contributed by atoms with Crippen LogP contribution < -0.4 is 5.32 Å². The summed E-state index contributed by atoms with van der Waals surface area (Å²) in [5.41, 5.74) is 3.60. The summed E-state index contributed by atoms with van der Waals surface area (Å²) in [6.07, 6.45) is 12.4. The molecule has 3 atom stereocenters. The Balaban J connectivity index is 1.12. The largest absolute Gasteiger partial charge is 0.481 e. The van der Waals surface area contributed by atoms with Crippen molar-refractivity contribution in [3.63, 3.8) is 0 Å². The number of aryl methyl sites for hydroxylation is 1. The molecular weight excluding hydrogens is 643 g/mol. The summed E-state index contributed by atoms with van der Waals surface area (Å²) < 4.78 is 13.9. The zero-order valence-corrected chi connectivity index (χ0v) is 28.6. The molecule has 4 aliphatic rings. The van der Waals surface area contributed by atoms with Gasteiger partial charge >= 0.3 is 5.97 Å². The molecule has 2 N–H and O–H groups in total. The molecule has 2 aliphatic heterocycles. The van der Waals surface area contributed by atoms with Crippen LogP contribution in [0.15, 0.2) is 24.4 Å². The number of carboxylic acid groups (broad SMARTS) is 1. The first-order chi connectivity index (χ1) is 22.6. The van der Waals surface area contributed by atoms with Gasteiger partial charge in [-0.1, -0.05) is 35.4 Å². The number of nitrogens with zero attached hydrogens (tertiary/aromatic N) is 3. The van der Waals surface area contributed by atoms with Gasteiger partial charge in [0, 0.05) is 62.3 Å². The monoisotopic (exact) mass is 686 g/mol. The van der Waals surface area contributed by atoms with E-state index in [2.05, 4.69) is 16.3 Å². The zero-order valence-electron chi connectivity index (χ0n) is 27.1. The third kappa shape index (κ3) is 7.57. The van der Waals surface area contributed by atoms with E-state index >= 15 is 0 Å². The molecule has 254 valence electrons. The lowest BCUT2D eigenvalue weighted by Crippen LogP contribution is -2.41. The third-order valence-electron chi connectivity index (χ3n) is 10.4. The molecule has 0 unspecified atom stereocenters. The number of halogens is 2. The molecule has 1 aromatic carbocycles. The fourth-order valence-corrected chi connectivity index (χ4v) is 8.14. The van der Waals surface area contributed by atoms with Gasteiger partial charge in [-0.25, -0.2) is 0 Å². The number of methoxy groups -OCH3 is 1. The summed E-state index contributed by atoms with van der Waals surface area (Å²) in [4.78, 5) is 42.9. The number of carboxylic acids is 1. The molecule has 0 spiro atoms. The minimum atomic E-state index is -0.736. The van der Waals surface area contributed by atoms with Gasteiger partial charge < -0.3 is 29.4 Å². The highest BCUT2D eigenvalue weighted by Gasteiger charge is 2.41. The van der Waals surface area contributed by atoms with E-state index in [-0.39, 0.29) is 48.4 Å². The zero-order chi connectivity index (χ0) is 33.2. The number of aromatic nitrogens is 1. The Kier molecular flexibility index (Phi) is 10.6. The van der Waals surface area contributed by atoms with E-state index in [1.165, 1.54) is 0 Å². The van der Waals surface area contributed by atoms with Crippen LogP contribution in [0.25, 0.3) is 6.08 Å². The summed E-state index contributed by atoms with van der Waals surface area (Å²) in [5, 5.41) is 12.9. The van der Waals surface area contributed by atoms with E-state index in [0.717, 1.165) is 50.0 Å². The Morgan fingerprint density at radius 3 is 2.55 bits per heavy atom. The van der Waals surface area contributed by atoms with Crippen LogP contribution in [0.4, 0.5) is 5.69 Å². The Morgan fingerprint density at radius 1 is 1.04 bits per heavy atom. The summed E-state index contributed by atoms with van der Waals surface area (Å²) in [7, 11) is 3.68. The molecular formula is C35H44Cl2N4O6. The fraction of sp³-hybridized carbons (Fsp3) is 0.571. The molecule has 1 saturated carbocycles. The van der Waals surface area contributed by atoms with Crippen molar-refractivity contribution in [2.24, 2.45) is 13.0 Å². The minimum absolute atomic E-state index is 0.000300. The maximum atomic E-state index is 13.9. The average molecular weight is 688 g/mol. The third-order valence-corrected chi connectivity index (χ3v) is 11.1. The summed E-state index contributed by atoms with van der Waals surface area (Å²) >= 11 is 13.4. The van der Waals surface area contributed by atoms with Gasteiger partial charge in [-0.15, -0.1) is 0 Å². The number of rotatable bonds is 10. The first-order valence-electron chi connectivity index (χ1n) is 16.7. The SMILES string of the molecule is CO[C@H]1CCN([C@H]2C[C@@H](CO[C@H]3CC[C@H](C(=O)O)CC3)N(C(=O)Cc3cc(Cl)c(NC(=O)c4cn(C)c5c4C=CCC5)cc3Cl)C2)C1. The molecule has 12 heteroatoms. The molecule has 6 rings (SSSR count). The molecule has 2 aliphatic carbocycles. The number of fused-ring (bicyclic) bond motifs is 1. The van der Waals surface area contributed by atoms with Gasteiger partial charge in [0.05, 0.1) is 53.5 Å². The number of likely N-dealkylation sites (tertiary alicyclic amines) is 2. The van der Waals surface area contributed by atoms with Crippen LogP contribution in [0.1, 0.15) is 72.1 Å². The summed E-state index contributed by atoms with van der Waals surface area (Å²) in [6, 6.07) is 3.38. The molecule has 3 fully saturated rings. The molecule has 10 nitrogen and oxygen atoms in total. The second kappa shape index (κ2) is 14.7. The second-order valence-corrected chi connectivity index (χ2v) is 14.2. The van der Waals surface area contributed by atoms with Crippen LogP contribution in [0, 0.1) is 5.92 Å². The molecule has 2 saturated heterocycles. The van der Waals surface area contributed by atoms with Gasteiger partial charge in [0.1, 0.15) is 0 Å². The predicted octanol–water partition coefficient (Wildman–Crippen LogP) is 5.44. The van der Waals surface area contributed by atoms with Crippen molar-refractivity contribution in [3.05, 3.63) is 56.8 Å². The van der Waals surface area contributed by atoms with Crippen molar-refractivity contribution >= 4 is 52.7 Å². The van der Waals surface area contributed by atoms with E-state index in [4.69, 9.17) is 32.7 Å². The van der Waals surface area contributed by atoms with E-state index in [1.807, 2.05) is 28.8 Å². The van der Waals surface area contributed by atoms with Crippen molar-refractivity contribution in [1.29, 1.82) is 0 Å².